The maximum atomic E-state index is 12.6. The van der Waals surface area contributed by atoms with E-state index in [0.29, 0.717) is 11.6 Å². The van der Waals surface area contributed by atoms with Crippen LogP contribution in [0.3, 0.4) is 0 Å². The van der Waals surface area contributed by atoms with Crippen molar-refractivity contribution in [3.8, 4) is 0 Å². The summed E-state index contributed by atoms with van der Waals surface area (Å²) < 4.78 is 0.892. The molecule has 2 heterocycles. The van der Waals surface area contributed by atoms with Crippen molar-refractivity contribution in [3.63, 3.8) is 0 Å². The van der Waals surface area contributed by atoms with Gasteiger partial charge in [-0.1, -0.05) is 0 Å². The van der Waals surface area contributed by atoms with E-state index >= 15 is 0 Å². The number of rotatable bonds is 4. The van der Waals surface area contributed by atoms with E-state index in [1.807, 2.05) is 11.0 Å². The lowest BCUT2D eigenvalue weighted by Crippen LogP contribution is -2.43. The van der Waals surface area contributed by atoms with E-state index in [1.54, 1.807) is 12.3 Å². The van der Waals surface area contributed by atoms with Crippen molar-refractivity contribution in [1.82, 2.24) is 15.2 Å². The Morgan fingerprint density at radius 3 is 2.70 bits per heavy atom. The lowest BCUT2D eigenvalue weighted by molar-refractivity contribution is 0.0652. The van der Waals surface area contributed by atoms with Crippen molar-refractivity contribution in [1.29, 1.82) is 0 Å². The van der Waals surface area contributed by atoms with Crippen molar-refractivity contribution in [2.24, 2.45) is 5.92 Å². The van der Waals surface area contributed by atoms with Gasteiger partial charge in [0.15, 0.2) is 0 Å². The molecule has 2 rings (SSSR count). The molecule has 1 aromatic heterocycles. The number of hydrogen-bond donors (Lipinski definition) is 1. The van der Waals surface area contributed by atoms with E-state index in [9.17, 15) is 4.79 Å². The molecule has 4 nitrogen and oxygen atoms in total. The normalized spacial score (nSPS) is 16.4. The molecular weight excluding hydrogens is 318 g/mol. The lowest BCUT2D eigenvalue weighted by Gasteiger charge is -2.32. The van der Waals surface area contributed by atoms with Crippen LogP contribution >= 0.6 is 15.9 Å². The summed E-state index contributed by atoms with van der Waals surface area (Å²) in [7, 11) is 0. The largest absolute Gasteiger partial charge is 0.335 e. The number of carbonyl (C=O) groups excluding carboxylic acids is 1. The first kappa shape index (κ1) is 15.4. The zero-order valence-corrected chi connectivity index (χ0v) is 13.7. The standard InChI is InChI=1S/C15H22BrN3O/c1-11(2)19(10-12-5-7-17-8-6-12)15(20)14-4-3-13(16)9-18-14/h3-4,9,11-12,17H,5-8,10H2,1-2H3. The third kappa shape index (κ3) is 4.03. The fourth-order valence-electron chi connectivity index (χ4n) is 2.52. The van der Waals surface area contributed by atoms with Crippen LogP contribution in [0.25, 0.3) is 0 Å². The van der Waals surface area contributed by atoms with Crippen LogP contribution in [-0.2, 0) is 0 Å². The van der Waals surface area contributed by atoms with Gasteiger partial charge in [-0.2, -0.15) is 0 Å². The number of carbonyl (C=O) groups is 1. The van der Waals surface area contributed by atoms with E-state index in [0.717, 1.165) is 36.9 Å². The number of aromatic nitrogens is 1. The molecule has 1 aliphatic heterocycles. The van der Waals surface area contributed by atoms with Crippen molar-refractivity contribution < 1.29 is 4.79 Å². The number of pyridine rings is 1. The SMILES string of the molecule is CC(C)N(CC1CCNCC1)C(=O)c1ccc(Br)cn1. The minimum atomic E-state index is 0.0334. The van der Waals surface area contributed by atoms with Gasteiger partial charge in [0, 0.05) is 23.3 Å². The van der Waals surface area contributed by atoms with Gasteiger partial charge in [-0.25, -0.2) is 4.98 Å². The van der Waals surface area contributed by atoms with Crippen LogP contribution in [-0.4, -0.2) is 41.5 Å². The summed E-state index contributed by atoms with van der Waals surface area (Å²) in [5.74, 6) is 0.629. The third-order valence-corrected chi connectivity index (χ3v) is 4.21. The summed E-state index contributed by atoms with van der Waals surface area (Å²) in [6, 6.07) is 3.84. The fourth-order valence-corrected chi connectivity index (χ4v) is 2.75. The zero-order chi connectivity index (χ0) is 14.5. The van der Waals surface area contributed by atoms with Crippen LogP contribution in [0.1, 0.15) is 37.2 Å². The predicted octanol–water partition coefficient (Wildman–Crippen LogP) is 2.69. The quantitative estimate of drug-likeness (QED) is 0.917. The average Bonchev–Trinajstić information content (AvgIpc) is 2.45. The van der Waals surface area contributed by atoms with Crippen molar-refractivity contribution in [3.05, 3.63) is 28.5 Å². The molecule has 0 bridgehead atoms. The minimum absolute atomic E-state index is 0.0334. The maximum Gasteiger partial charge on any atom is 0.272 e. The summed E-state index contributed by atoms with van der Waals surface area (Å²) in [6.07, 6.45) is 3.96. The summed E-state index contributed by atoms with van der Waals surface area (Å²) >= 11 is 3.35. The predicted molar refractivity (Wildman–Crippen MR) is 83.7 cm³/mol. The molecule has 0 aromatic carbocycles. The van der Waals surface area contributed by atoms with Crippen LogP contribution in [0.2, 0.25) is 0 Å². The van der Waals surface area contributed by atoms with Gasteiger partial charge in [-0.3, -0.25) is 4.79 Å². The van der Waals surface area contributed by atoms with Crippen molar-refractivity contribution >= 4 is 21.8 Å². The average molecular weight is 340 g/mol. The van der Waals surface area contributed by atoms with Gasteiger partial charge < -0.3 is 10.2 Å². The Hall–Kier alpha value is -0.940. The molecule has 0 aliphatic carbocycles. The molecule has 0 radical (unpaired) electrons. The lowest BCUT2D eigenvalue weighted by atomic mass is 9.97. The van der Waals surface area contributed by atoms with E-state index < -0.39 is 0 Å². The Labute approximate surface area is 129 Å². The highest BCUT2D eigenvalue weighted by Gasteiger charge is 2.24. The van der Waals surface area contributed by atoms with Crippen LogP contribution in [0.5, 0.6) is 0 Å². The second-order valence-electron chi connectivity index (χ2n) is 5.61. The highest BCUT2D eigenvalue weighted by molar-refractivity contribution is 9.10. The smallest absolute Gasteiger partial charge is 0.272 e. The number of nitrogens with one attached hydrogen (secondary N) is 1. The molecule has 1 fully saturated rings. The van der Waals surface area contributed by atoms with E-state index in [4.69, 9.17) is 0 Å². The topological polar surface area (TPSA) is 45.2 Å². The van der Waals surface area contributed by atoms with Crippen molar-refractivity contribution in [2.75, 3.05) is 19.6 Å². The van der Waals surface area contributed by atoms with Gasteiger partial charge in [-0.05, 0) is 73.8 Å². The first-order valence-electron chi connectivity index (χ1n) is 7.21. The maximum absolute atomic E-state index is 12.6. The molecule has 0 saturated carbocycles. The first-order chi connectivity index (χ1) is 9.58. The molecular formula is C15H22BrN3O. The zero-order valence-electron chi connectivity index (χ0n) is 12.1. The van der Waals surface area contributed by atoms with Crippen LogP contribution in [0.4, 0.5) is 0 Å². The molecule has 110 valence electrons. The molecule has 0 spiro atoms. The summed E-state index contributed by atoms with van der Waals surface area (Å²) in [4.78, 5) is 18.8. The highest BCUT2D eigenvalue weighted by atomic mass is 79.9. The van der Waals surface area contributed by atoms with Crippen LogP contribution in [0, 0.1) is 5.92 Å². The molecule has 1 aliphatic rings. The van der Waals surface area contributed by atoms with Gasteiger partial charge in [0.1, 0.15) is 5.69 Å². The Kier molecular flexibility index (Phi) is 5.54. The Bertz CT molecular complexity index is 441. The molecule has 1 saturated heterocycles. The molecule has 5 heteroatoms. The Balaban J connectivity index is 2.07. The van der Waals surface area contributed by atoms with Gasteiger partial charge in [0.05, 0.1) is 0 Å². The Morgan fingerprint density at radius 2 is 2.15 bits per heavy atom. The molecule has 1 N–H and O–H groups in total. The summed E-state index contributed by atoms with van der Waals surface area (Å²) in [5.41, 5.74) is 0.524. The number of halogens is 1. The Morgan fingerprint density at radius 1 is 1.45 bits per heavy atom. The second-order valence-corrected chi connectivity index (χ2v) is 6.52. The molecule has 1 amide bonds. The number of hydrogen-bond acceptors (Lipinski definition) is 3. The molecule has 0 atom stereocenters. The monoisotopic (exact) mass is 339 g/mol. The fraction of sp³-hybridized carbons (Fsp3) is 0.600. The molecule has 20 heavy (non-hydrogen) atoms. The number of nitrogens with zero attached hydrogens (tertiary/aromatic N) is 2. The van der Waals surface area contributed by atoms with Crippen molar-refractivity contribution in [2.45, 2.75) is 32.7 Å². The van der Waals surface area contributed by atoms with E-state index in [2.05, 4.69) is 40.1 Å². The number of amides is 1. The minimum Gasteiger partial charge on any atom is -0.335 e. The van der Waals surface area contributed by atoms with Crippen LogP contribution in [0.15, 0.2) is 22.8 Å². The van der Waals surface area contributed by atoms with Gasteiger partial charge in [-0.15, -0.1) is 0 Å². The second kappa shape index (κ2) is 7.18. The molecule has 1 aromatic rings. The summed E-state index contributed by atoms with van der Waals surface area (Å²) in [5, 5.41) is 3.36. The van der Waals surface area contributed by atoms with E-state index in [1.165, 1.54) is 0 Å². The molecule has 0 unspecified atom stereocenters. The van der Waals surface area contributed by atoms with Crippen LogP contribution < -0.4 is 5.32 Å². The van der Waals surface area contributed by atoms with Gasteiger partial charge in [0.2, 0.25) is 0 Å². The summed E-state index contributed by atoms with van der Waals surface area (Å²) in [6.45, 7) is 7.08. The first-order valence-corrected chi connectivity index (χ1v) is 8.00. The number of piperidine rings is 1. The van der Waals surface area contributed by atoms with E-state index in [-0.39, 0.29) is 11.9 Å². The van der Waals surface area contributed by atoms with Gasteiger partial charge in [0.25, 0.3) is 5.91 Å². The third-order valence-electron chi connectivity index (χ3n) is 3.74. The highest BCUT2D eigenvalue weighted by Crippen LogP contribution is 2.17. The van der Waals surface area contributed by atoms with Gasteiger partial charge >= 0.3 is 0 Å².